The van der Waals surface area contributed by atoms with Crippen molar-refractivity contribution in [2.75, 3.05) is 40.0 Å². The molecule has 2 amide bonds. The van der Waals surface area contributed by atoms with Crippen molar-refractivity contribution >= 4 is 11.8 Å². The van der Waals surface area contributed by atoms with Gasteiger partial charge in [0.15, 0.2) is 0 Å². The highest BCUT2D eigenvalue weighted by atomic mass is 19.1. The molecular formula is C30H47FN2O6. The van der Waals surface area contributed by atoms with Gasteiger partial charge in [0.05, 0.1) is 12.0 Å². The summed E-state index contributed by atoms with van der Waals surface area (Å²) in [6.07, 6.45) is 1.62. The molecule has 0 aromatic heterocycles. The van der Waals surface area contributed by atoms with E-state index in [-0.39, 0.29) is 49.3 Å². The predicted octanol–water partition coefficient (Wildman–Crippen LogP) is 3.28. The van der Waals surface area contributed by atoms with Gasteiger partial charge >= 0.3 is 0 Å². The van der Waals surface area contributed by atoms with Crippen LogP contribution in [0.3, 0.4) is 0 Å². The average molecular weight is 551 g/mol. The maximum Gasteiger partial charge on any atom is 0.233 e. The zero-order valence-corrected chi connectivity index (χ0v) is 24.0. The zero-order chi connectivity index (χ0) is 28.6. The van der Waals surface area contributed by atoms with Crippen molar-refractivity contribution in [3.8, 4) is 0 Å². The lowest BCUT2D eigenvalue weighted by molar-refractivity contribution is -0.145. The fourth-order valence-electron chi connectivity index (χ4n) is 6.16. The Morgan fingerprint density at radius 1 is 1.13 bits per heavy atom. The van der Waals surface area contributed by atoms with Gasteiger partial charge in [-0.1, -0.05) is 44.9 Å². The number of amides is 2. The fourth-order valence-corrected chi connectivity index (χ4v) is 6.16. The molecule has 4 atom stereocenters. The minimum absolute atomic E-state index is 0.0547. The van der Waals surface area contributed by atoms with Gasteiger partial charge in [-0.3, -0.25) is 9.59 Å². The van der Waals surface area contributed by atoms with E-state index < -0.39 is 23.7 Å². The Balaban J connectivity index is 2.02. The number of hydrogen-bond acceptors (Lipinski definition) is 6. The van der Waals surface area contributed by atoms with Crippen molar-refractivity contribution in [2.24, 2.45) is 5.92 Å². The van der Waals surface area contributed by atoms with E-state index in [9.17, 15) is 19.8 Å². The molecule has 0 bridgehead atoms. The zero-order valence-electron chi connectivity index (χ0n) is 24.0. The minimum Gasteiger partial charge on any atom is -0.388 e. The Morgan fingerprint density at radius 2 is 1.82 bits per heavy atom. The van der Waals surface area contributed by atoms with Crippen molar-refractivity contribution in [3.05, 3.63) is 35.6 Å². The molecule has 1 saturated heterocycles. The van der Waals surface area contributed by atoms with Gasteiger partial charge in [0.2, 0.25) is 11.8 Å². The Hall–Kier alpha value is -2.07. The number of aliphatic hydroxyl groups is 2. The summed E-state index contributed by atoms with van der Waals surface area (Å²) in [6.45, 7) is 6.70. The van der Waals surface area contributed by atoms with E-state index in [1.54, 1.807) is 23.1 Å². The molecule has 1 aliphatic heterocycles. The molecule has 2 fully saturated rings. The first kappa shape index (κ1) is 31.5. The predicted molar refractivity (Wildman–Crippen MR) is 147 cm³/mol. The molecule has 1 aromatic rings. The third-order valence-electron chi connectivity index (χ3n) is 8.28. The van der Waals surface area contributed by atoms with Gasteiger partial charge in [-0.25, -0.2) is 4.39 Å². The monoisotopic (exact) mass is 550 g/mol. The summed E-state index contributed by atoms with van der Waals surface area (Å²) in [6, 6.07) is 6.30. The number of ether oxygens (including phenoxy) is 2. The SMILES string of the molecule is CO[C@@H]1CN(C(C)=O)C[C@H](CC(C)C)N(C(=O)C2(c3ccccc3F)CCCC2)CCCCOC[C@@H](O)[C@H]1O. The van der Waals surface area contributed by atoms with Crippen LogP contribution in [0, 0.1) is 11.7 Å². The van der Waals surface area contributed by atoms with Crippen molar-refractivity contribution in [1.29, 1.82) is 0 Å². The van der Waals surface area contributed by atoms with E-state index in [2.05, 4.69) is 13.8 Å². The Kier molecular flexibility index (Phi) is 11.7. The second-order valence-corrected chi connectivity index (χ2v) is 11.6. The van der Waals surface area contributed by atoms with Crippen LogP contribution < -0.4 is 0 Å². The van der Waals surface area contributed by atoms with E-state index in [1.165, 1.54) is 20.1 Å². The number of benzene rings is 1. The van der Waals surface area contributed by atoms with Crippen LogP contribution in [-0.2, 0) is 24.5 Å². The third kappa shape index (κ3) is 7.78. The van der Waals surface area contributed by atoms with Crippen molar-refractivity contribution in [3.63, 3.8) is 0 Å². The molecule has 8 nitrogen and oxygen atoms in total. The van der Waals surface area contributed by atoms with Gasteiger partial charge in [0.1, 0.15) is 24.1 Å². The van der Waals surface area contributed by atoms with Crippen LogP contribution in [-0.4, -0.2) is 96.1 Å². The molecule has 1 aliphatic carbocycles. The molecule has 0 unspecified atom stereocenters. The molecule has 2 N–H and O–H groups in total. The first-order valence-electron chi connectivity index (χ1n) is 14.4. The van der Waals surface area contributed by atoms with Crippen molar-refractivity contribution in [2.45, 2.75) is 95.5 Å². The summed E-state index contributed by atoms with van der Waals surface area (Å²) in [5.74, 6) is -0.414. The second kappa shape index (κ2) is 14.5. The Labute approximate surface area is 232 Å². The number of aliphatic hydroxyl groups excluding tert-OH is 2. The van der Waals surface area contributed by atoms with Gasteiger partial charge in [-0.05, 0) is 44.1 Å². The average Bonchev–Trinajstić information content (AvgIpc) is 3.39. The first-order valence-corrected chi connectivity index (χ1v) is 14.4. The molecule has 39 heavy (non-hydrogen) atoms. The van der Waals surface area contributed by atoms with E-state index >= 15 is 4.39 Å². The molecule has 9 heteroatoms. The summed E-state index contributed by atoms with van der Waals surface area (Å²) in [4.78, 5) is 30.9. The molecular weight excluding hydrogens is 503 g/mol. The van der Waals surface area contributed by atoms with Gasteiger partial charge in [0.25, 0.3) is 0 Å². The largest absolute Gasteiger partial charge is 0.388 e. The number of nitrogens with zero attached hydrogens (tertiary/aromatic N) is 2. The quantitative estimate of drug-likeness (QED) is 0.584. The summed E-state index contributed by atoms with van der Waals surface area (Å²) >= 11 is 0. The van der Waals surface area contributed by atoms with Crippen LogP contribution in [0.1, 0.15) is 71.3 Å². The maximum absolute atomic E-state index is 15.2. The molecule has 0 spiro atoms. The molecule has 3 rings (SSSR count). The summed E-state index contributed by atoms with van der Waals surface area (Å²) in [7, 11) is 1.43. The molecule has 220 valence electrons. The van der Waals surface area contributed by atoms with Gasteiger partial charge < -0.3 is 29.5 Å². The summed E-state index contributed by atoms with van der Waals surface area (Å²) in [5.41, 5.74) is -0.475. The number of hydrogen-bond donors (Lipinski definition) is 2. The number of methoxy groups -OCH3 is 1. The summed E-state index contributed by atoms with van der Waals surface area (Å²) in [5, 5.41) is 21.2. The molecule has 0 radical (unpaired) electrons. The van der Waals surface area contributed by atoms with Gasteiger partial charge in [-0.15, -0.1) is 0 Å². The van der Waals surface area contributed by atoms with Crippen molar-refractivity contribution in [1.82, 2.24) is 9.80 Å². The van der Waals surface area contributed by atoms with Crippen LogP contribution in [0.15, 0.2) is 24.3 Å². The lowest BCUT2D eigenvalue weighted by Crippen LogP contribution is -2.56. The number of carbonyl (C=O) groups is 2. The van der Waals surface area contributed by atoms with Gasteiger partial charge in [-0.2, -0.15) is 0 Å². The summed E-state index contributed by atoms with van der Waals surface area (Å²) < 4.78 is 26.3. The number of halogens is 1. The smallest absolute Gasteiger partial charge is 0.233 e. The Bertz CT molecular complexity index is 938. The third-order valence-corrected chi connectivity index (χ3v) is 8.28. The van der Waals surface area contributed by atoms with Crippen molar-refractivity contribution < 1.29 is 33.7 Å². The lowest BCUT2D eigenvalue weighted by Gasteiger charge is -2.42. The molecule has 1 saturated carbocycles. The normalized spacial score (nSPS) is 27.4. The van der Waals surface area contributed by atoms with E-state index in [0.29, 0.717) is 50.8 Å². The fraction of sp³-hybridized carbons (Fsp3) is 0.733. The van der Waals surface area contributed by atoms with Crippen LogP contribution in [0.2, 0.25) is 0 Å². The number of rotatable bonds is 5. The molecule has 2 aliphatic rings. The highest BCUT2D eigenvalue weighted by molar-refractivity contribution is 5.89. The molecule has 1 aromatic carbocycles. The van der Waals surface area contributed by atoms with Crippen LogP contribution in [0.5, 0.6) is 0 Å². The topological polar surface area (TPSA) is 99.5 Å². The number of carbonyl (C=O) groups excluding carboxylic acids is 2. The Morgan fingerprint density at radius 3 is 2.44 bits per heavy atom. The first-order chi connectivity index (χ1) is 18.6. The lowest BCUT2D eigenvalue weighted by atomic mass is 9.76. The van der Waals surface area contributed by atoms with Crippen LogP contribution in [0.4, 0.5) is 4.39 Å². The standard InChI is InChI=1S/C30H47FN2O6/c1-21(2)17-23-18-32(22(3)34)19-27(38-4)28(36)26(35)20-39-16-10-9-15-33(23)29(37)30(13-7-8-14-30)24-11-5-6-12-25(24)31/h5-6,11-12,21,23,26-28,35-36H,7-10,13-20H2,1-4H3/t23-,26+,27+,28+/m0/s1. The maximum atomic E-state index is 15.2. The van der Waals surface area contributed by atoms with Crippen LogP contribution >= 0.6 is 0 Å². The minimum atomic E-state index is -1.25. The van der Waals surface area contributed by atoms with E-state index in [4.69, 9.17) is 9.47 Å². The highest BCUT2D eigenvalue weighted by Gasteiger charge is 2.48. The molecule has 1 heterocycles. The highest BCUT2D eigenvalue weighted by Crippen LogP contribution is 2.44. The van der Waals surface area contributed by atoms with E-state index in [0.717, 1.165) is 12.8 Å². The van der Waals surface area contributed by atoms with E-state index in [1.807, 2.05) is 4.90 Å². The van der Waals surface area contributed by atoms with Crippen LogP contribution in [0.25, 0.3) is 0 Å². The second-order valence-electron chi connectivity index (χ2n) is 11.6. The van der Waals surface area contributed by atoms with Gasteiger partial charge in [0, 0.05) is 51.9 Å².